The van der Waals surface area contributed by atoms with Gasteiger partial charge in [0.1, 0.15) is 65.2 Å². The van der Waals surface area contributed by atoms with Crippen LogP contribution in [0.3, 0.4) is 0 Å². The van der Waals surface area contributed by atoms with Crippen LogP contribution in [0.4, 0.5) is 0 Å². The Kier molecular flexibility index (Phi) is 95.5. The third-order valence-electron chi connectivity index (χ3n) is 17.7. The molecule has 0 saturated heterocycles. The van der Waals surface area contributed by atoms with E-state index in [-0.39, 0.29) is 158 Å². The molecule has 17 nitrogen and oxygen atoms in total. The summed E-state index contributed by atoms with van der Waals surface area (Å²) in [7, 11) is -4.06. The first kappa shape index (κ1) is 146. The Morgan fingerprint density at radius 3 is 0.799 bits per heavy atom. The molecule has 6 aromatic carbocycles. The van der Waals surface area contributed by atoms with Crippen molar-refractivity contribution in [1.82, 2.24) is 0 Å². The van der Waals surface area contributed by atoms with Crippen LogP contribution in [0.15, 0.2) is 431 Å². The summed E-state index contributed by atoms with van der Waals surface area (Å²) in [5.41, 5.74) is 9.17. The van der Waals surface area contributed by atoms with Crippen molar-refractivity contribution in [3.63, 3.8) is 0 Å². The van der Waals surface area contributed by atoms with Crippen LogP contribution in [-0.2, 0) is 71.6 Å². The van der Waals surface area contributed by atoms with Gasteiger partial charge in [0.25, 0.3) is 0 Å². The van der Waals surface area contributed by atoms with E-state index in [0.717, 1.165) is 59.0 Å². The Morgan fingerprint density at radius 1 is 0.309 bits per heavy atom. The average Bonchev–Trinajstić information content (AvgIpc) is 0.762. The van der Waals surface area contributed by atoms with Crippen LogP contribution in [0.25, 0.3) is 0 Å². The fraction of sp³-hybridized carbons (Fsp3) is 0.241. The Balaban J connectivity index is -0.000000209. The van der Waals surface area contributed by atoms with Gasteiger partial charge in [0, 0.05) is 22.8 Å². The van der Waals surface area contributed by atoms with Crippen LogP contribution in [0.2, 0.25) is 0 Å². The molecule has 0 fully saturated rings. The minimum atomic E-state index is -2.11. The van der Waals surface area contributed by atoms with Crippen molar-refractivity contribution < 1.29 is 158 Å². The van der Waals surface area contributed by atoms with Crippen molar-refractivity contribution in [1.29, 1.82) is 0 Å². The maximum absolute atomic E-state index is 12.6. The molecule has 139 heavy (non-hydrogen) atoms. The monoisotopic (exact) mass is 2080 g/mol. The smallest absolute Gasteiger partial charge is 1.00 e. The number of carbonyl (C=O) groups is 9. The summed E-state index contributed by atoms with van der Waals surface area (Å²) in [4.78, 5) is 110. The van der Waals surface area contributed by atoms with Crippen LogP contribution in [0.1, 0.15) is 147 Å². The fourth-order valence-electron chi connectivity index (χ4n) is 10.9. The molecule has 0 bridgehead atoms. The summed E-state index contributed by atoms with van der Waals surface area (Å²) in [5.74, 6) is -2.54. The number of esters is 5. The summed E-state index contributed by atoms with van der Waals surface area (Å²) in [6.45, 7) is 32.6. The Morgan fingerprint density at radius 2 is 0.547 bits per heavy atom. The average molecular weight is 2080 g/mol. The molecular formula is C116H146Br2Na2O17P2. The molecule has 0 aliphatic rings. The predicted molar refractivity (Wildman–Crippen MR) is 579 cm³/mol. The van der Waals surface area contributed by atoms with E-state index in [4.69, 9.17) is 23.7 Å². The molecule has 23 heteroatoms. The number of hydrogen-bond donors (Lipinski definition) is 0. The Labute approximate surface area is 898 Å². The fourth-order valence-corrected chi connectivity index (χ4v) is 19.0. The summed E-state index contributed by atoms with van der Waals surface area (Å²) in [6.07, 6.45) is 58.2. The molecule has 6 rings (SSSR count). The number of rotatable bonds is 40. The molecule has 0 aromatic heterocycles. The van der Waals surface area contributed by atoms with Crippen molar-refractivity contribution in [2.24, 2.45) is 0 Å². The number of allylic oxidation sites excluding steroid dienone is 37. The molecule has 6 aromatic rings. The van der Waals surface area contributed by atoms with E-state index < -0.39 is 20.5 Å². The SMILES string of the molecule is Br.C.C.C.C.CCOC(=O)/C(C)=C/C=C/C(C)=C/C=C/C=C(\C)C=O.CCOC(=O)/C(C)=C/C[P+](c1ccccc1)(c1ccccc1)c1ccccc1.CCOC(=O)/C=C/C(C)=C/C=C/C=C(C)/C=C/C=C(\C)C(=O)OCC.CCOC(=O)C[P+](c1ccccc1)(c1ccccc1)c1ccccc1.C\C(C=O)=C/C=C/C=C(\C)C=O.C\C([C-]=O)=C/C=C/C(C)=C/C=C/C=C(C)/C=C/C(=O)[O-].[Br-].[Na+].[Na+].[OH-]. The van der Waals surface area contributed by atoms with E-state index in [9.17, 15) is 53.1 Å². The van der Waals surface area contributed by atoms with Crippen LogP contribution >= 0.6 is 31.5 Å². The van der Waals surface area contributed by atoms with Crippen LogP contribution < -0.4 is 113 Å². The normalized spacial score (nSPS) is 12.2. The molecule has 0 heterocycles. The van der Waals surface area contributed by atoms with Gasteiger partial charge >= 0.3 is 89.0 Å². The van der Waals surface area contributed by atoms with Gasteiger partial charge in [-0.25, -0.2) is 30.0 Å². The van der Waals surface area contributed by atoms with E-state index in [1.165, 1.54) is 44.0 Å². The minimum Gasteiger partial charge on any atom is -1.00 e. The quantitative estimate of drug-likeness (QED) is 0.00505. The first-order valence-corrected chi connectivity index (χ1v) is 46.5. The summed E-state index contributed by atoms with van der Waals surface area (Å²) >= 11 is 0. The van der Waals surface area contributed by atoms with Crippen LogP contribution in [-0.4, -0.2) is 112 Å². The standard InChI is InChI=1S/C25H26O2P.C22H22O2P.C21H28O4.C17H19O3.C17H22O3.C10H12O2.4CH4.2BrH.2Na.H2O/c1-3-27-25(26)21(2)19-20-28(22-13-7-4-8-14-22,23-15-9-5-10-16-23)24-17-11-6-12-18-24;1-2-24-22(23)18-25(19-12-6-3-7-13-19,20-14-8-4-9-15-20)21-16-10-5-11-17-21;1-6-24-20(22)16-15-18(4)12-9-8-11-17(3)13-10-14-19(5)21(23)25-7-2;1-14(9-6-10-16(3)13-18)7-4-5-8-15(2)11-12-17(19)20;1-5-20-17(19)16(4)12-8-11-14(2)9-6-7-10-15(3)13-18;1-9(7-11)5-3-4-6-10(2)8-12;;;;;;;;;/h4-19H,3,20H2,1-2H3;3-17H,2,18H2,1H3;8-16H,6-7H2,1-5H3;4-12H,1-3H3,(H,19,20);6-13H,5H2,1-4H3;3-8H,1-2H3;4*1H4;2*1H;;;1H2/q2*+1;;-1;;;;;;;;;2*+1;/p-3/b21-19+;;9-8+,13-10+,16-15+,17-11+,18-12+,19-14+;5-4+,9-6+,12-11+,14-7+,15-8+,16-10+;7-6+,11-8+,14-9+,15-10+,16-12+;4-3+,9-5+,10-6+;;;;;;;;;. The third kappa shape index (κ3) is 64.9. The second-order valence-electron chi connectivity index (χ2n) is 28.5. The second kappa shape index (κ2) is 90.9. The molecule has 0 amide bonds. The van der Waals surface area contributed by atoms with Gasteiger partial charge in [0.05, 0.1) is 45.2 Å². The molecule has 1 N–H and O–H groups in total. The van der Waals surface area contributed by atoms with Crippen LogP contribution in [0.5, 0.6) is 0 Å². The molecule has 0 saturated carbocycles. The molecule has 0 radical (unpaired) electrons. The zero-order valence-corrected chi connectivity index (χ0v) is 90.6. The molecule has 0 aliphatic heterocycles. The van der Waals surface area contributed by atoms with Crippen molar-refractivity contribution in [3.05, 3.63) is 431 Å². The van der Waals surface area contributed by atoms with Crippen molar-refractivity contribution in [3.8, 4) is 0 Å². The molecule has 738 valence electrons. The number of carboxylic acid groups (broad SMARTS) is 1. The van der Waals surface area contributed by atoms with E-state index in [0.29, 0.717) is 78.2 Å². The topological polar surface area (TPSA) is 270 Å². The molecule has 0 atom stereocenters. The Bertz CT molecular complexity index is 5020. The van der Waals surface area contributed by atoms with Gasteiger partial charge in [-0.1, -0.05) is 326 Å². The summed E-state index contributed by atoms with van der Waals surface area (Å²) in [6, 6.07) is 63.1. The summed E-state index contributed by atoms with van der Waals surface area (Å²) < 4.78 is 25.1. The minimum absolute atomic E-state index is 0. The molecular weight excluding hydrogens is 1930 g/mol. The maximum Gasteiger partial charge on any atom is 1.00 e. The zero-order chi connectivity index (χ0) is 96.6. The van der Waals surface area contributed by atoms with E-state index in [1.807, 2.05) is 200 Å². The van der Waals surface area contributed by atoms with E-state index >= 15 is 0 Å². The van der Waals surface area contributed by atoms with E-state index in [1.54, 1.807) is 155 Å². The second-order valence-corrected chi connectivity index (χ2v) is 35.5. The molecule has 0 unspecified atom stereocenters. The molecule has 0 spiro atoms. The van der Waals surface area contributed by atoms with E-state index in [2.05, 4.69) is 115 Å². The van der Waals surface area contributed by atoms with Gasteiger partial charge in [0.15, 0.2) is 6.16 Å². The predicted octanol–water partition coefficient (Wildman–Crippen LogP) is 14.5. The van der Waals surface area contributed by atoms with Crippen molar-refractivity contribution in [2.75, 3.05) is 45.4 Å². The number of aliphatic carboxylic acids is 1. The first-order chi connectivity index (χ1) is 62.5. The number of ether oxygens (including phenoxy) is 5. The largest absolute Gasteiger partial charge is 1.00 e. The zero-order valence-electron chi connectivity index (χ0n) is 81.5. The summed E-state index contributed by atoms with van der Waals surface area (Å²) in [5, 5.41) is 17.7. The van der Waals surface area contributed by atoms with Gasteiger partial charge in [-0.2, -0.15) is 5.57 Å². The third-order valence-corrected chi connectivity index (χ3v) is 26.3. The number of halogens is 2. The number of hydrogen-bond acceptors (Lipinski definition) is 17. The van der Waals surface area contributed by atoms with Crippen LogP contribution in [0, 0.1) is 0 Å². The number of carboxylic acids is 1. The number of benzene rings is 6. The van der Waals surface area contributed by atoms with Gasteiger partial charge in [-0.15, -0.1) is 23.1 Å². The van der Waals surface area contributed by atoms with Crippen molar-refractivity contribution >= 4 is 124 Å². The number of aldehydes is 3. The molecule has 0 aliphatic carbocycles. The Hall–Kier alpha value is -10.9. The first-order valence-electron chi connectivity index (χ1n) is 42.6. The van der Waals surface area contributed by atoms with Gasteiger partial charge in [-0.3, -0.25) is 14.4 Å². The van der Waals surface area contributed by atoms with Gasteiger partial charge < -0.3 is 60.8 Å². The van der Waals surface area contributed by atoms with Crippen molar-refractivity contribution in [2.45, 2.75) is 147 Å². The maximum atomic E-state index is 12.6. The van der Waals surface area contributed by atoms with Gasteiger partial charge in [0.2, 0.25) is 0 Å². The number of carbonyl (C=O) groups excluding carboxylic acids is 10. The van der Waals surface area contributed by atoms with Gasteiger partial charge in [-0.05, 0) is 219 Å².